The van der Waals surface area contributed by atoms with Gasteiger partial charge < -0.3 is 4.74 Å². The molecule has 0 radical (unpaired) electrons. The molecule has 0 atom stereocenters. The van der Waals surface area contributed by atoms with Crippen molar-refractivity contribution in [3.8, 4) is 0 Å². The molecule has 1 N–H and O–H groups in total. The van der Waals surface area contributed by atoms with Crippen LogP contribution in [0.2, 0.25) is 0 Å². The lowest BCUT2D eigenvalue weighted by molar-refractivity contribution is 0.171. The first-order valence-electron chi connectivity index (χ1n) is 3.96. The zero-order chi connectivity index (χ0) is 11.3. The summed E-state index contributed by atoms with van der Waals surface area (Å²) in [6.07, 6.45) is 0.0460. The molecule has 0 bridgehead atoms. The molecule has 1 amide bonds. The average Bonchev–Trinajstić information content (AvgIpc) is 2.22. The van der Waals surface area contributed by atoms with Crippen molar-refractivity contribution in [2.75, 3.05) is 7.11 Å². The van der Waals surface area contributed by atoms with Gasteiger partial charge in [-0.15, -0.1) is 0 Å². The van der Waals surface area contributed by atoms with E-state index in [1.807, 2.05) is 5.43 Å². The molecule has 1 aromatic rings. The first kappa shape index (κ1) is 11.1. The summed E-state index contributed by atoms with van der Waals surface area (Å²) >= 11 is 0. The first-order chi connectivity index (χ1) is 7.15. The van der Waals surface area contributed by atoms with Crippen LogP contribution in [0.1, 0.15) is 5.56 Å². The highest BCUT2D eigenvalue weighted by Gasteiger charge is 2.05. The number of rotatable bonds is 2. The van der Waals surface area contributed by atoms with E-state index in [-0.39, 0.29) is 5.56 Å². The molecule has 0 aliphatic rings. The molecule has 80 valence electrons. The van der Waals surface area contributed by atoms with Gasteiger partial charge >= 0.3 is 6.09 Å². The van der Waals surface area contributed by atoms with Gasteiger partial charge in [0, 0.05) is 0 Å². The van der Waals surface area contributed by atoms with Gasteiger partial charge in [0.1, 0.15) is 11.6 Å². The lowest BCUT2D eigenvalue weighted by Crippen LogP contribution is -2.17. The van der Waals surface area contributed by atoms with Crippen molar-refractivity contribution >= 4 is 12.3 Å². The molecule has 1 rings (SSSR count). The molecule has 0 spiro atoms. The summed E-state index contributed by atoms with van der Waals surface area (Å²) in [4.78, 5) is 10.5. The number of benzene rings is 1. The Morgan fingerprint density at radius 1 is 1.47 bits per heavy atom. The number of nitrogens with zero attached hydrogens (tertiary/aromatic N) is 1. The van der Waals surface area contributed by atoms with E-state index in [4.69, 9.17) is 0 Å². The number of methoxy groups -OCH3 is 1. The van der Waals surface area contributed by atoms with E-state index in [0.29, 0.717) is 0 Å². The standard InChI is InChI=1S/C9H8F2N2O2/c1-15-9(14)13-12-5-6-7(10)3-2-4-8(6)11/h2-5H,1H3,(H,13,14)/b12-5+. The van der Waals surface area contributed by atoms with Crippen molar-refractivity contribution in [2.24, 2.45) is 5.10 Å². The number of carbonyl (C=O) groups excluding carboxylic acids is 1. The number of nitrogens with one attached hydrogen (secondary N) is 1. The molecule has 0 saturated heterocycles. The van der Waals surface area contributed by atoms with Crippen LogP contribution in [0.4, 0.5) is 13.6 Å². The minimum atomic E-state index is -0.817. The van der Waals surface area contributed by atoms with Crippen molar-refractivity contribution < 1.29 is 18.3 Å². The van der Waals surface area contributed by atoms with E-state index in [9.17, 15) is 13.6 Å². The van der Waals surface area contributed by atoms with E-state index in [0.717, 1.165) is 25.5 Å². The Morgan fingerprint density at radius 2 is 2.07 bits per heavy atom. The monoisotopic (exact) mass is 214 g/mol. The maximum Gasteiger partial charge on any atom is 0.427 e. The van der Waals surface area contributed by atoms with Crippen molar-refractivity contribution in [1.82, 2.24) is 5.43 Å². The van der Waals surface area contributed by atoms with E-state index < -0.39 is 17.7 Å². The molecular weight excluding hydrogens is 206 g/mol. The SMILES string of the molecule is COC(=O)N/N=C/c1c(F)cccc1F. The molecular formula is C9H8F2N2O2. The smallest absolute Gasteiger partial charge is 0.427 e. The van der Waals surface area contributed by atoms with Gasteiger partial charge in [-0.1, -0.05) is 6.07 Å². The Morgan fingerprint density at radius 3 is 2.60 bits per heavy atom. The topological polar surface area (TPSA) is 50.7 Å². The van der Waals surface area contributed by atoms with Crippen LogP contribution in [-0.4, -0.2) is 19.4 Å². The number of amides is 1. The Bertz CT molecular complexity index is 373. The molecule has 0 unspecified atom stereocenters. The molecule has 0 saturated carbocycles. The highest BCUT2D eigenvalue weighted by molar-refractivity contribution is 5.81. The number of hydrogen-bond donors (Lipinski definition) is 1. The quantitative estimate of drug-likeness (QED) is 0.601. The Kier molecular flexibility index (Phi) is 3.73. The number of hydrazone groups is 1. The van der Waals surface area contributed by atoms with E-state index in [2.05, 4.69) is 9.84 Å². The summed E-state index contributed by atoms with van der Waals surface area (Å²) in [5.41, 5.74) is 1.59. The van der Waals surface area contributed by atoms with Gasteiger partial charge in [0.15, 0.2) is 0 Å². The minimum Gasteiger partial charge on any atom is -0.452 e. The Balaban J connectivity index is 2.76. The van der Waals surface area contributed by atoms with Crippen molar-refractivity contribution in [2.45, 2.75) is 0 Å². The van der Waals surface area contributed by atoms with Crippen LogP contribution in [0.3, 0.4) is 0 Å². The summed E-state index contributed by atoms with van der Waals surface area (Å²) in [6.45, 7) is 0. The first-order valence-corrected chi connectivity index (χ1v) is 3.96. The average molecular weight is 214 g/mol. The van der Waals surface area contributed by atoms with Crippen molar-refractivity contribution in [3.05, 3.63) is 35.4 Å². The molecule has 4 nitrogen and oxygen atoms in total. The maximum absolute atomic E-state index is 13.0. The van der Waals surface area contributed by atoms with Gasteiger partial charge in [-0.25, -0.2) is 19.0 Å². The predicted molar refractivity (Wildman–Crippen MR) is 49.5 cm³/mol. The molecule has 0 fully saturated rings. The zero-order valence-corrected chi connectivity index (χ0v) is 7.83. The fraction of sp³-hybridized carbons (Fsp3) is 0.111. The second kappa shape index (κ2) is 5.04. The summed E-state index contributed by atoms with van der Waals surface area (Å²) in [5.74, 6) is -1.52. The summed E-state index contributed by atoms with van der Waals surface area (Å²) in [5, 5.41) is 3.30. The predicted octanol–water partition coefficient (Wildman–Crippen LogP) is 1.65. The van der Waals surface area contributed by atoms with E-state index >= 15 is 0 Å². The minimum absolute atomic E-state index is 0.325. The van der Waals surface area contributed by atoms with Crippen LogP contribution < -0.4 is 5.43 Å². The second-order valence-corrected chi connectivity index (χ2v) is 2.50. The van der Waals surface area contributed by atoms with E-state index in [1.54, 1.807) is 0 Å². The van der Waals surface area contributed by atoms with Crippen LogP contribution in [0.15, 0.2) is 23.3 Å². The number of carbonyl (C=O) groups is 1. The maximum atomic E-state index is 13.0. The summed E-state index contributed by atoms with van der Waals surface area (Å²) in [7, 11) is 1.15. The Hall–Kier alpha value is -1.98. The van der Waals surface area contributed by atoms with Crippen LogP contribution in [0, 0.1) is 11.6 Å². The lowest BCUT2D eigenvalue weighted by Gasteiger charge is -1.98. The zero-order valence-electron chi connectivity index (χ0n) is 7.83. The second-order valence-electron chi connectivity index (χ2n) is 2.50. The third kappa shape index (κ3) is 3.01. The molecule has 1 aromatic carbocycles. The van der Waals surface area contributed by atoms with Gasteiger partial charge in [0.2, 0.25) is 0 Å². The largest absolute Gasteiger partial charge is 0.452 e. The summed E-state index contributed by atoms with van der Waals surface area (Å²) < 4.78 is 30.2. The van der Waals surface area contributed by atoms with Crippen LogP contribution >= 0.6 is 0 Å². The molecule has 0 aromatic heterocycles. The fourth-order valence-corrected chi connectivity index (χ4v) is 0.829. The van der Waals surface area contributed by atoms with Gasteiger partial charge in [-0.05, 0) is 12.1 Å². The lowest BCUT2D eigenvalue weighted by atomic mass is 10.2. The van der Waals surface area contributed by atoms with Crippen LogP contribution in [-0.2, 0) is 4.74 Å². The summed E-state index contributed by atoms with van der Waals surface area (Å²) in [6, 6.07) is 3.40. The molecule has 6 heteroatoms. The third-order valence-corrected chi connectivity index (χ3v) is 1.53. The van der Waals surface area contributed by atoms with Crippen molar-refractivity contribution in [3.63, 3.8) is 0 Å². The fourth-order valence-electron chi connectivity index (χ4n) is 0.829. The van der Waals surface area contributed by atoms with E-state index in [1.165, 1.54) is 6.07 Å². The molecule has 0 heterocycles. The highest BCUT2D eigenvalue weighted by atomic mass is 19.1. The van der Waals surface area contributed by atoms with Crippen LogP contribution in [0.25, 0.3) is 0 Å². The normalized spacial score (nSPS) is 10.3. The van der Waals surface area contributed by atoms with Crippen molar-refractivity contribution in [1.29, 1.82) is 0 Å². The molecule has 0 aliphatic carbocycles. The van der Waals surface area contributed by atoms with Gasteiger partial charge in [-0.3, -0.25) is 0 Å². The molecule has 0 aliphatic heterocycles. The van der Waals surface area contributed by atoms with Gasteiger partial charge in [-0.2, -0.15) is 5.10 Å². The third-order valence-electron chi connectivity index (χ3n) is 1.53. The number of ether oxygens (including phenoxy) is 1. The van der Waals surface area contributed by atoms with Crippen LogP contribution in [0.5, 0.6) is 0 Å². The number of halogens is 2. The van der Waals surface area contributed by atoms with Gasteiger partial charge in [0.25, 0.3) is 0 Å². The molecule has 15 heavy (non-hydrogen) atoms. The number of hydrogen-bond acceptors (Lipinski definition) is 3. The van der Waals surface area contributed by atoms with Gasteiger partial charge in [0.05, 0.1) is 18.9 Å². The Labute approximate surface area is 84.5 Å². The highest BCUT2D eigenvalue weighted by Crippen LogP contribution is 2.08.